The smallest absolute Gasteiger partial charge is 0.269 e. The highest BCUT2D eigenvalue weighted by atomic mass is 35.5. The molecule has 0 saturated heterocycles. The summed E-state index contributed by atoms with van der Waals surface area (Å²) < 4.78 is 13.1. The first-order valence-corrected chi connectivity index (χ1v) is 8.40. The third-order valence-electron chi connectivity index (χ3n) is 3.22. The molecule has 0 radical (unpaired) electrons. The first-order chi connectivity index (χ1) is 11.4. The standard InChI is InChI=1S/C16H14ClFN2O3S/c1-10(11-3-2-4-13(7-11)20(22)23)24-9-16(21)19-12-5-6-15(18)14(17)8-12/h2-8,10H,9H2,1H3,(H,19,21)/t10-/m0/s1. The van der Waals surface area contributed by atoms with Crippen molar-refractivity contribution in [2.75, 3.05) is 11.1 Å². The molecule has 126 valence electrons. The molecule has 0 unspecified atom stereocenters. The summed E-state index contributed by atoms with van der Waals surface area (Å²) in [5.41, 5.74) is 1.20. The third-order valence-corrected chi connectivity index (χ3v) is 4.71. The number of nitro benzene ring substituents is 1. The molecule has 0 aliphatic rings. The van der Waals surface area contributed by atoms with E-state index < -0.39 is 10.7 Å². The molecule has 5 nitrogen and oxygen atoms in total. The first kappa shape index (κ1) is 18.2. The Morgan fingerprint density at radius 2 is 2.12 bits per heavy atom. The third kappa shape index (κ3) is 4.94. The number of nitrogens with one attached hydrogen (secondary N) is 1. The van der Waals surface area contributed by atoms with Crippen LogP contribution in [0.15, 0.2) is 42.5 Å². The van der Waals surface area contributed by atoms with Crippen molar-refractivity contribution in [1.29, 1.82) is 0 Å². The van der Waals surface area contributed by atoms with Crippen LogP contribution in [-0.4, -0.2) is 16.6 Å². The fourth-order valence-electron chi connectivity index (χ4n) is 1.96. The number of benzene rings is 2. The molecule has 8 heteroatoms. The molecular weight excluding hydrogens is 355 g/mol. The molecule has 0 aliphatic heterocycles. The van der Waals surface area contributed by atoms with Crippen LogP contribution in [0.5, 0.6) is 0 Å². The van der Waals surface area contributed by atoms with Crippen LogP contribution >= 0.6 is 23.4 Å². The Bertz CT molecular complexity index is 773. The molecule has 0 heterocycles. The summed E-state index contributed by atoms with van der Waals surface area (Å²) in [7, 11) is 0. The Hall–Kier alpha value is -2.12. The number of hydrogen-bond acceptors (Lipinski definition) is 4. The number of amides is 1. The van der Waals surface area contributed by atoms with Crippen molar-refractivity contribution >= 4 is 40.6 Å². The Kier molecular flexibility index (Phi) is 6.16. The molecule has 24 heavy (non-hydrogen) atoms. The molecule has 0 aromatic heterocycles. The maximum Gasteiger partial charge on any atom is 0.269 e. The first-order valence-electron chi connectivity index (χ1n) is 6.97. The van der Waals surface area contributed by atoms with Gasteiger partial charge in [-0.1, -0.05) is 23.7 Å². The van der Waals surface area contributed by atoms with Crippen molar-refractivity contribution in [2.45, 2.75) is 12.2 Å². The second-order valence-corrected chi connectivity index (χ2v) is 6.72. The molecule has 0 bridgehead atoms. The average molecular weight is 369 g/mol. The summed E-state index contributed by atoms with van der Waals surface area (Å²) in [5.74, 6) is -0.665. The van der Waals surface area contributed by atoms with E-state index in [1.54, 1.807) is 12.1 Å². The summed E-state index contributed by atoms with van der Waals surface area (Å²) in [5, 5.41) is 13.3. The van der Waals surface area contributed by atoms with Crippen molar-refractivity contribution in [3.8, 4) is 0 Å². The van der Waals surface area contributed by atoms with Gasteiger partial charge in [0.2, 0.25) is 5.91 Å². The lowest BCUT2D eigenvalue weighted by Gasteiger charge is -2.12. The van der Waals surface area contributed by atoms with Gasteiger partial charge in [-0.2, -0.15) is 0 Å². The molecule has 0 fully saturated rings. The van der Waals surface area contributed by atoms with E-state index in [1.807, 2.05) is 6.92 Å². The number of hydrogen-bond donors (Lipinski definition) is 1. The van der Waals surface area contributed by atoms with Crippen LogP contribution in [0.3, 0.4) is 0 Å². The van der Waals surface area contributed by atoms with Crippen molar-refractivity contribution in [3.05, 3.63) is 69.0 Å². The Balaban J connectivity index is 1.92. The molecule has 2 rings (SSSR count). The molecular formula is C16H14ClFN2O3S. The van der Waals surface area contributed by atoms with Gasteiger partial charge in [-0.25, -0.2) is 4.39 Å². The number of halogens is 2. The minimum atomic E-state index is -0.552. The molecule has 0 aliphatic carbocycles. The van der Waals surface area contributed by atoms with Crippen molar-refractivity contribution in [1.82, 2.24) is 0 Å². The quantitative estimate of drug-likeness (QED) is 0.586. The van der Waals surface area contributed by atoms with E-state index in [0.717, 1.165) is 5.56 Å². The van der Waals surface area contributed by atoms with Gasteiger partial charge >= 0.3 is 0 Å². The van der Waals surface area contributed by atoms with E-state index in [4.69, 9.17) is 11.6 Å². The van der Waals surface area contributed by atoms with Gasteiger partial charge in [0.25, 0.3) is 5.69 Å². The second kappa shape index (κ2) is 8.12. The number of non-ortho nitro benzene ring substituents is 1. The second-order valence-electron chi connectivity index (χ2n) is 4.98. The van der Waals surface area contributed by atoms with Crippen LogP contribution in [-0.2, 0) is 4.79 Å². The summed E-state index contributed by atoms with van der Waals surface area (Å²) >= 11 is 7.00. The molecule has 2 aromatic carbocycles. The van der Waals surface area contributed by atoms with E-state index in [2.05, 4.69) is 5.32 Å². The fraction of sp³-hybridized carbons (Fsp3) is 0.188. The number of nitro groups is 1. The van der Waals surface area contributed by atoms with Gasteiger partial charge in [0.05, 0.1) is 15.7 Å². The van der Waals surface area contributed by atoms with E-state index in [0.29, 0.717) is 5.69 Å². The number of carbonyl (C=O) groups excluding carboxylic acids is 1. The molecule has 1 amide bonds. The summed E-state index contributed by atoms with van der Waals surface area (Å²) in [6.07, 6.45) is 0. The highest BCUT2D eigenvalue weighted by Crippen LogP contribution is 2.30. The minimum absolute atomic E-state index is 0.0188. The lowest BCUT2D eigenvalue weighted by atomic mass is 10.1. The fourth-order valence-corrected chi connectivity index (χ4v) is 2.95. The van der Waals surface area contributed by atoms with Crippen LogP contribution in [0.1, 0.15) is 17.7 Å². The van der Waals surface area contributed by atoms with Crippen LogP contribution in [0.2, 0.25) is 5.02 Å². The monoisotopic (exact) mass is 368 g/mol. The zero-order chi connectivity index (χ0) is 17.7. The highest BCUT2D eigenvalue weighted by Gasteiger charge is 2.13. The van der Waals surface area contributed by atoms with Gasteiger partial charge < -0.3 is 5.32 Å². The zero-order valence-corrected chi connectivity index (χ0v) is 14.2. The summed E-state index contributed by atoms with van der Waals surface area (Å²) in [4.78, 5) is 22.3. The number of carbonyl (C=O) groups is 1. The molecule has 1 atom stereocenters. The molecule has 2 aromatic rings. The number of thioether (sulfide) groups is 1. The van der Waals surface area contributed by atoms with Crippen molar-refractivity contribution in [3.63, 3.8) is 0 Å². The van der Waals surface area contributed by atoms with Crippen LogP contribution < -0.4 is 5.32 Å². The Morgan fingerprint density at radius 3 is 2.79 bits per heavy atom. The highest BCUT2D eigenvalue weighted by molar-refractivity contribution is 8.00. The summed E-state index contributed by atoms with van der Waals surface area (Å²) in [6.45, 7) is 1.87. The van der Waals surface area contributed by atoms with E-state index in [-0.39, 0.29) is 27.6 Å². The minimum Gasteiger partial charge on any atom is -0.325 e. The Labute approximate surface area is 147 Å². The van der Waals surface area contributed by atoms with Crippen LogP contribution in [0.4, 0.5) is 15.8 Å². The predicted octanol–water partition coefficient (Wildman–Crippen LogP) is 4.82. The number of nitrogens with zero attached hydrogens (tertiary/aromatic N) is 1. The van der Waals surface area contributed by atoms with Gasteiger partial charge in [0.15, 0.2) is 0 Å². The normalized spacial score (nSPS) is 11.8. The van der Waals surface area contributed by atoms with Crippen LogP contribution in [0, 0.1) is 15.9 Å². The SMILES string of the molecule is C[C@H](SCC(=O)Nc1ccc(F)c(Cl)c1)c1cccc([N+](=O)[O-])c1. The van der Waals surface area contributed by atoms with Gasteiger partial charge in [-0.05, 0) is 30.7 Å². The zero-order valence-electron chi connectivity index (χ0n) is 12.7. The molecule has 0 saturated carbocycles. The number of rotatable bonds is 6. The number of anilines is 1. The topological polar surface area (TPSA) is 72.2 Å². The van der Waals surface area contributed by atoms with Gasteiger partial charge in [0, 0.05) is 23.1 Å². The molecule has 0 spiro atoms. The van der Waals surface area contributed by atoms with E-state index in [1.165, 1.54) is 42.1 Å². The van der Waals surface area contributed by atoms with E-state index >= 15 is 0 Å². The lowest BCUT2D eigenvalue weighted by molar-refractivity contribution is -0.384. The summed E-state index contributed by atoms with van der Waals surface area (Å²) in [6, 6.07) is 10.3. The maximum absolute atomic E-state index is 13.1. The van der Waals surface area contributed by atoms with Crippen molar-refractivity contribution < 1.29 is 14.1 Å². The average Bonchev–Trinajstić information content (AvgIpc) is 2.56. The lowest BCUT2D eigenvalue weighted by Crippen LogP contribution is -2.14. The van der Waals surface area contributed by atoms with Gasteiger partial charge in [0.1, 0.15) is 5.82 Å². The maximum atomic E-state index is 13.1. The van der Waals surface area contributed by atoms with Gasteiger partial charge in [-0.15, -0.1) is 11.8 Å². The predicted molar refractivity (Wildman–Crippen MR) is 94.0 cm³/mol. The van der Waals surface area contributed by atoms with Crippen LogP contribution in [0.25, 0.3) is 0 Å². The molecule has 1 N–H and O–H groups in total. The van der Waals surface area contributed by atoms with Gasteiger partial charge in [-0.3, -0.25) is 14.9 Å². The van der Waals surface area contributed by atoms with E-state index in [9.17, 15) is 19.3 Å². The Morgan fingerprint density at radius 1 is 1.38 bits per heavy atom. The van der Waals surface area contributed by atoms with Crippen molar-refractivity contribution in [2.24, 2.45) is 0 Å². The largest absolute Gasteiger partial charge is 0.325 e.